The highest BCUT2D eigenvalue weighted by atomic mass is 35.5. The number of nitrogens with zero attached hydrogens (tertiary/aromatic N) is 1. The van der Waals surface area contributed by atoms with Crippen LogP contribution in [0, 0.1) is 6.92 Å². The summed E-state index contributed by atoms with van der Waals surface area (Å²) in [7, 11) is 0. The predicted molar refractivity (Wildman–Crippen MR) is 110 cm³/mol. The molecule has 0 radical (unpaired) electrons. The minimum atomic E-state index is -0.570. The van der Waals surface area contributed by atoms with Gasteiger partial charge >= 0.3 is 0 Å². The first-order chi connectivity index (χ1) is 12.8. The van der Waals surface area contributed by atoms with Gasteiger partial charge in [-0.1, -0.05) is 48.0 Å². The number of benzene rings is 2. The van der Waals surface area contributed by atoms with Crippen LogP contribution in [0.5, 0.6) is 0 Å². The Labute approximate surface area is 166 Å². The highest BCUT2D eigenvalue weighted by molar-refractivity contribution is 6.30. The Bertz CT molecular complexity index is 787. The maximum Gasteiger partial charge on any atom is 0.242 e. The third kappa shape index (κ3) is 6.10. The average molecular weight is 387 g/mol. The van der Waals surface area contributed by atoms with Gasteiger partial charge in [0.1, 0.15) is 6.04 Å². The van der Waals surface area contributed by atoms with Gasteiger partial charge in [-0.2, -0.15) is 0 Å². The normalized spacial score (nSPS) is 11.9. The van der Waals surface area contributed by atoms with Gasteiger partial charge in [0.05, 0.1) is 6.42 Å². The number of hydrogen-bond acceptors (Lipinski definition) is 2. The van der Waals surface area contributed by atoms with Gasteiger partial charge in [-0.15, -0.1) is 0 Å². The van der Waals surface area contributed by atoms with E-state index in [1.165, 1.54) is 0 Å². The van der Waals surface area contributed by atoms with Crippen molar-refractivity contribution in [1.82, 2.24) is 10.2 Å². The molecule has 2 aromatic rings. The van der Waals surface area contributed by atoms with Gasteiger partial charge in [0.2, 0.25) is 11.8 Å². The third-order valence-electron chi connectivity index (χ3n) is 4.47. The number of aryl methyl sites for hydroxylation is 1. The van der Waals surface area contributed by atoms with Gasteiger partial charge in [-0.3, -0.25) is 9.59 Å². The molecule has 144 valence electrons. The summed E-state index contributed by atoms with van der Waals surface area (Å²) in [6.45, 7) is 7.92. The molecule has 0 aromatic heterocycles. The van der Waals surface area contributed by atoms with Crippen LogP contribution in [0.25, 0.3) is 0 Å². The molecule has 4 nitrogen and oxygen atoms in total. The lowest BCUT2D eigenvalue weighted by atomic mass is 10.0. The van der Waals surface area contributed by atoms with Crippen molar-refractivity contribution in [2.45, 2.75) is 52.7 Å². The molecule has 1 atom stereocenters. The Morgan fingerprint density at radius 2 is 1.67 bits per heavy atom. The van der Waals surface area contributed by atoms with E-state index in [0.29, 0.717) is 11.6 Å². The van der Waals surface area contributed by atoms with Gasteiger partial charge < -0.3 is 10.2 Å². The Morgan fingerprint density at radius 1 is 1.04 bits per heavy atom. The van der Waals surface area contributed by atoms with Crippen LogP contribution in [0.4, 0.5) is 0 Å². The van der Waals surface area contributed by atoms with Crippen molar-refractivity contribution in [3.63, 3.8) is 0 Å². The number of carbonyl (C=O) groups is 2. The maximum absolute atomic E-state index is 13.1. The second-order valence-electron chi connectivity index (χ2n) is 7.09. The van der Waals surface area contributed by atoms with E-state index in [0.717, 1.165) is 16.7 Å². The maximum atomic E-state index is 13.1. The van der Waals surface area contributed by atoms with E-state index in [-0.39, 0.29) is 24.3 Å². The summed E-state index contributed by atoms with van der Waals surface area (Å²) >= 11 is 5.96. The van der Waals surface area contributed by atoms with Gasteiger partial charge in [0, 0.05) is 17.6 Å². The summed E-state index contributed by atoms with van der Waals surface area (Å²) in [5.41, 5.74) is 2.97. The molecule has 0 aliphatic rings. The third-order valence-corrected chi connectivity index (χ3v) is 4.72. The van der Waals surface area contributed by atoms with Crippen molar-refractivity contribution < 1.29 is 9.59 Å². The molecule has 27 heavy (non-hydrogen) atoms. The lowest BCUT2D eigenvalue weighted by Crippen LogP contribution is -2.49. The predicted octanol–water partition coefficient (Wildman–Crippen LogP) is 4.13. The van der Waals surface area contributed by atoms with E-state index in [1.807, 2.05) is 57.2 Å². The second kappa shape index (κ2) is 9.56. The van der Waals surface area contributed by atoms with E-state index in [4.69, 9.17) is 11.6 Å². The molecule has 5 heteroatoms. The molecule has 0 bridgehead atoms. The van der Waals surface area contributed by atoms with Crippen LogP contribution in [-0.2, 0) is 22.6 Å². The highest BCUT2D eigenvalue weighted by Gasteiger charge is 2.26. The first-order valence-corrected chi connectivity index (χ1v) is 9.54. The zero-order chi connectivity index (χ0) is 20.0. The molecular formula is C22H27ClN2O2. The number of hydrogen-bond donors (Lipinski definition) is 1. The summed E-state index contributed by atoms with van der Waals surface area (Å²) < 4.78 is 0. The molecular weight excluding hydrogens is 360 g/mol. The topological polar surface area (TPSA) is 49.4 Å². The zero-order valence-corrected chi connectivity index (χ0v) is 17.1. The van der Waals surface area contributed by atoms with Crippen molar-refractivity contribution in [2.75, 3.05) is 0 Å². The van der Waals surface area contributed by atoms with Crippen molar-refractivity contribution in [1.29, 1.82) is 0 Å². The number of amides is 2. The van der Waals surface area contributed by atoms with Gasteiger partial charge in [-0.25, -0.2) is 0 Å². The van der Waals surface area contributed by atoms with Gasteiger partial charge in [0.15, 0.2) is 0 Å². The molecule has 0 saturated carbocycles. The number of nitrogens with one attached hydrogen (secondary N) is 1. The smallest absolute Gasteiger partial charge is 0.242 e. The van der Waals surface area contributed by atoms with Crippen LogP contribution in [0.2, 0.25) is 5.02 Å². The molecule has 0 heterocycles. The molecule has 1 N–H and O–H groups in total. The molecule has 2 amide bonds. The van der Waals surface area contributed by atoms with Crippen LogP contribution in [-0.4, -0.2) is 28.8 Å². The molecule has 0 aliphatic heterocycles. The Morgan fingerprint density at radius 3 is 2.26 bits per heavy atom. The molecule has 0 unspecified atom stereocenters. The summed E-state index contributed by atoms with van der Waals surface area (Å²) in [6.07, 6.45) is 0.263. The van der Waals surface area contributed by atoms with E-state index < -0.39 is 6.04 Å². The second-order valence-corrected chi connectivity index (χ2v) is 7.53. The average Bonchev–Trinajstić information content (AvgIpc) is 2.62. The van der Waals surface area contributed by atoms with Crippen LogP contribution in [0.1, 0.15) is 37.5 Å². The van der Waals surface area contributed by atoms with E-state index in [1.54, 1.807) is 24.0 Å². The molecule has 2 rings (SSSR count). The summed E-state index contributed by atoms with van der Waals surface area (Å²) in [5.74, 6) is -0.234. The van der Waals surface area contributed by atoms with Gasteiger partial charge in [0.25, 0.3) is 0 Å². The first kappa shape index (κ1) is 21.0. The molecule has 0 spiro atoms. The summed E-state index contributed by atoms with van der Waals surface area (Å²) in [5, 5.41) is 3.53. The summed E-state index contributed by atoms with van der Waals surface area (Å²) in [4.78, 5) is 27.3. The van der Waals surface area contributed by atoms with E-state index in [9.17, 15) is 9.59 Å². The quantitative estimate of drug-likeness (QED) is 0.777. The van der Waals surface area contributed by atoms with Crippen LogP contribution in [0.15, 0.2) is 48.5 Å². The fourth-order valence-electron chi connectivity index (χ4n) is 2.85. The molecule has 0 aliphatic carbocycles. The van der Waals surface area contributed by atoms with E-state index in [2.05, 4.69) is 5.32 Å². The Hall–Kier alpha value is -2.33. The minimum Gasteiger partial charge on any atom is -0.352 e. The highest BCUT2D eigenvalue weighted by Crippen LogP contribution is 2.16. The van der Waals surface area contributed by atoms with Crippen LogP contribution >= 0.6 is 11.6 Å². The van der Waals surface area contributed by atoms with Crippen molar-refractivity contribution in [3.05, 3.63) is 70.2 Å². The fourth-order valence-corrected chi connectivity index (χ4v) is 2.97. The lowest BCUT2D eigenvalue weighted by Gasteiger charge is -2.29. The van der Waals surface area contributed by atoms with Crippen LogP contribution in [0.3, 0.4) is 0 Å². The molecule has 2 aromatic carbocycles. The zero-order valence-electron chi connectivity index (χ0n) is 16.3. The van der Waals surface area contributed by atoms with Crippen molar-refractivity contribution >= 4 is 23.4 Å². The van der Waals surface area contributed by atoms with Crippen molar-refractivity contribution in [3.8, 4) is 0 Å². The number of carbonyl (C=O) groups excluding carboxylic acids is 2. The van der Waals surface area contributed by atoms with Gasteiger partial charge in [-0.05, 0) is 56.5 Å². The molecule has 0 saturated heterocycles. The largest absolute Gasteiger partial charge is 0.352 e. The monoisotopic (exact) mass is 386 g/mol. The summed E-state index contributed by atoms with van der Waals surface area (Å²) in [6, 6.07) is 14.6. The van der Waals surface area contributed by atoms with Crippen LogP contribution < -0.4 is 5.32 Å². The first-order valence-electron chi connectivity index (χ1n) is 9.16. The SMILES string of the molecule is Cc1ccccc1CC(=O)N(Cc1ccc(Cl)cc1)[C@H](C)C(=O)NC(C)C. The minimum absolute atomic E-state index is 0.0174. The van der Waals surface area contributed by atoms with Crippen molar-refractivity contribution in [2.24, 2.45) is 0 Å². The standard InChI is InChI=1S/C22H27ClN2O2/c1-15(2)24-22(27)17(4)25(14-18-9-11-20(23)12-10-18)21(26)13-19-8-6-5-7-16(19)3/h5-12,15,17H,13-14H2,1-4H3,(H,24,27)/t17-/m1/s1. The number of rotatable bonds is 7. The molecule has 0 fully saturated rings. The Balaban J connectivity index is 2.24. The lowest BCUT2D eigenvalue weighted by molar-refractivity contribution is -0.140. The van der Waals surface area contributed by atoms with E-state index >= 15 is 0 Å². The fraction of sp³-hybridized carbons (Fsp3) is 0.364. The number of halogens is 1. The Kier molecular flexibility index (Phi) is 7.43.